The second-order valence-electron chi connectivity index (χ2n) is 5.77. The monoisotopic (exact) mass is 328 g/mol. The highest BCUT2D eigenvalue weighted by molar-refractivity contribution is 8.00. The molecule has 4 nitrogen and oxygen atoms in total. The number of hydrogen-bond donors (Lipinski definition) is 2. The molecule has 6 heteroatoms. The van der Waals surface area contributed by atoms with Gasteiger partial charge >= 0.3 is 0 Å². The summed E-state index contributed by atoms with van der Waals surface area (Å²) in [5, 5.41) is 0. The Morgan fingerprint density at radius 1 is 1.29 bits per heavy atom. The number of hydrogen-bond acceptors (Lipinski definition) is 4. The first-order chi connectivity index (χ1) is 9.95. The molecule has 2 rings (SSSR count). The summed E-state index contributed by atoms with van der Waals surface area (Å²) >= 11 is 1.80. The van der Waals surface area contributed by atoms with E-state index in [0.717, 1.165) is 18.4 Å². The summed E-state index contributed by atoms with van der Waals surface area (Å²) in [5.74, 6) is -0.0114. The Bertz CT molecular complexity index is 567. The summed E-state index contributed by atoms with van der Waals surface area (Å²) in [4.78, 5) is 0. The fourth-order valence-electron chi connectivity index (χ4n) is 2.84. The van der Waals surface area contributed by atoms with Crippen LogP contribution in [0.2, 0.25) is 0 Å². The van der Waals surface area contributed by atoms with Gasteiger partial charge in [-0.1, -0.05) is 31.4 Å². The molecule has 0 bridgehead atoms. The van der Waals surface area contributed by atoms with Crippen LogP contribution in [0, 0.1) is 0 Å². The van der Waals surface area contributed by atoms with Crippen LogP contribution in [-0.2, 0) is 15.8 Å². The lowest BCUT2D eigenvalue weighted by atomic mass is 9.88. The molecule has 118 valence electrons. The molecular weight excluding hydrogens is 304 g/mol. The van der Waals surface area contributed by atoms with Crippen LogP contribution in [0.3, 0.4) is 0 Å². The van der Waals surface area contributed by atoms with Gasteiger partial charge in [0.1, 0.15) is 0 Å². The highest BCUT2D eigenvalue weighted by Gasteiger charge is 2.32. The zero-order valence-corrected chi connectivity index (χ0v) is 14.1. The molecule has 21 heavy (non-hydrogen) atoms. The first-order valence-corrected chi connectivity index (χ1v) is 10.2. The molecule has 0 unspecified atom stereocenters. The van der Waals surface area contributed by atoms with E-state index in [1.165, 1.54) is 19.3 Å². The molecular formula is C15H24N2O2S2. The van der Waals surface area contributed by atoms with Crippen LogP contribution in [0.25, 0.3) is 0 Å². The van der Waals surface area contributed by atoms with Crippen LogP contribution in [0.5, 0.6) is 0 Å². The van der Waals surface area contributed by atoms with Crippen LogP contribution >= 0.6 is 11.8 Å². The van der Waals surface area contributed by atoms with Crippen molar-refractivity contribution >= 4 is 27.5 Å². The average Bonchev–Trinajstić information content (AvgIpc) is 2.46. The van der Waals surface area contributed by atoms with Crippen molar-refractivity contribution in [2.45, 2.75) is 42.6 Å². The summed E-state index contributed by atoms with van der Waals surface area (Å²) in [7, 11) is -3.32. The molecule has 0 heterocycles. The van der Waals surface area contributed by atoms with Gasteiger partial charge in [0.15, 0.2) is 0 Å². The van der Waals surface area contributed by atoms with E-state index in [9.17, 15) is 8.42 Å². The highest BCUT2D eigenvalue weighted by Crippen LogP contribution is 2.38. The molecule has 1 aliphatic carbocycles. The minimum Gasteiger partial charge on any atom is -0.399 e. The van der Waals surface area contributed by atoms with Gasteiger partial charge in [0.05, 0.1) is 5.75 Å². The Morgan fingerprint density at radius 2 is 2.00 bits per heavy atom. The first kappa shape index (κ1) is 16.6. The second-order valence-corrected chi connectivity index (χ2v) is 8.85. The molecule has 1 aromatic rings. The lowest BCUT2D eigenvalue weighted by Crippen LogP contribution is -2.42. The van der Waals surface area contributed by atoms with Gasteiger partial charge in [0, 0.05) is 17.0 Å². The van der Waals surface area contributed by atoms with Crippen LogP contribution in [0.4, 0.5) is 5.69 Å². The fraction of sp³-hybridized carbons (Fsp3) is 0.600. The third kappa shape index (κ3) is 4.90. The molecule has 0 radical (unpaired) electrons. The lowest BCUT2D eigenvalue weighted by Gasteiger charge is -2.35. The standard InChI is InChI=1S/C15H24N2O2S2/c1-20-15(8-3-2-4-9-15)12-17-21(18,19)11-13-6-5-7-14(16)10-13/h5-7,10,17H,2-4,8-9,11-12,16H2,1H3. The smallest absolute Gasteiger partial charge is 0.215 e. The van der Waals surface area contributed by atoms with Crippen molar-refractivity contribution in [1.82, 2.24) is 4.72 Å². The molecule has 1 saturated carbocycles. The number of nitrogen functional groups attached to an aromatic ring is 1. The Balaban J connectivity index is 1.97. The summed E-state index contributed by atoms with van der Waals surface area (Å²) in [5.41, 5.74) is 7.01. The third-order valence-electron chi connectivity index (χ3n) is 4.12. The van der Waals surface area contributed by atoms with Crippen molar-refractivity contribution in [2.75, 3.05) is 18.5 Å². The van der Waals surface area contributed by atoms with E-state index in [0.29, 0.717) is 12.2 Å². The zero-order valence-electron chi connectivity index (χ0n) is 12.5. The van der Waals surface area contributed by atoms with Crippen molar-refractivity contribution < 1.29 is 8.42 Å². The molecule has 0 saturated heterocycles. The van der Waals surface area contributed by atoms with E-state index in [1.807, 2.05) is 0 Å². The Morgan fingerprint density at radius 3 is 2.62 bits per heavy atom. The molecule has 1 aliphatic rings. The normalized spacial score (nSPS) is 18.5. The molecule has 1 fully saturated rings. The van der Waals surface area contributed by atoms with E-state index in [1.54, 1.807) is 36.0 Å². The maximum absolute atomic E-state index is 12.3. The van der Waals surface area contributed by atoms with E-state index in [4.69, 9.17) is 5.73 Å². The van der Waals surface area contributed by atoms with Crippen LogP contribution < -0.4 is 10.5 Å². The Labute approximate surface area is 131 Å². The first-order valence-electron chi connectivity index (χ1n) is 7.32. The lowest BCUT2D eigenvalue weighted by molar-refractivity contribution is 0.395. The van der Waals surface area contributed by atoms with Gasteiger partial charge in [-0.05, 0) is 36.8 Å². The van der Waals surface area contributed by atoms with Crippen LogP contribution in [0.15, 0.2) is 24.3 Å². The van der Waals surface area contributed by atoms with Gasteiger partial charge < -0.3 is 5.73 Å². The van der Waals surface area contributed by atoms with Crippen molar-refractivity contribution in [3.63, 3.8) is 0 Å². The number of rotatable bonds is 6. The number of nitrogens with two attached hydrogens (primary N) is 1. The number of benzene rings is 1. The molecule has 0 aromatic heterocycles. The van der Waals surface area contributed by atoms with Gasteiger partial charge in [-0.15, -0.1) is 0 Å². The van der Waals surface area contributed by atoms with Crippen molar-refractivity contribution in [3.8, 4) is 0 Å². The van der Waals surface area contributed by atoms with Gasteiger partial charge in [0.2, 0.25) is 10.0 Å². The quantitative estimate of drug-likeness (QED) is 0.788. The molecule has 0 spiro atoms. The van der Waals surface area contributed by atoms with Crippen molar-refractivity contribution in [3.05, 3.63) is 29.8 Å². The van der Waals surface area contributed by atoms with Gasteiger partial charge in [-0.3, -0.25) is 0 Å². The summed E-state index contributed by atoms with van der Waals surface area (Å²) in [6, 6.07) is 7.05. The average molecular weight is 329 g/mol. The SMILES string of the molecule is CSC1(CNS(=O)(=O)Cc2cccc(N)c2)CCCCC1. The van der Waals surface area contributed by atoms with Gasteiger partial charge in [-0.2, -0.15) is 11.8 Å². The summed E-state index contributed by atoms with van der Waals surface area (Å²) in [6.45, 7) is 0.527. The molecule has 0 atom stereocenters. The highest BCUT2D eigenvalue weighted by atomic mass is 32.2. The molecule has 0 amide bonds. The summed E-state index contributed by atoms with van der Waals surface area (Å²) in [6.07, 6.45) is 7.91. The van der Waals surface area contributed by atoms with Crippen molar-refractivity contribution in [1.29, 1.82) is 0 Å². The van der Waals surface area contributed by atoms with E-state index >= 15 is 0 Å². The van der Waals surface area contributed by atoms with Crippen LogP contribution in [0.1, 0.15) is 37.7 Å². The number of anilines is 1. The predicted octanol–water partition coefficient (Wildman–Crippen LogP) is 2.75. The van der Waals surface area contributed by atoms with E-state index in [-0.39, 0.29) is 10.5 Å². The van der Waals surface area contributed by atoms with Gasteiger partial charge in [-0.25, -0.2) is 13.1 Å². The largest absolute Gasteiger partial charge is 0.399 e. The minimum atomic E-state index is -3.32. The molecule has 3 N–H and O–H groups in total. The third-order valence-corrected chi connectivity index (χ3v) is 6.84. The van der Waals surface area contributed by atoms with Crippen molar-refractivity contribution in [2.24, 2.45) is 0 Å². The number of thioether (sulfide) groups is 1. The maximum Gasteiger partial charge on any atom is 0.215 e. The summed E-state index contributed by atoms with van der Waals surface area (Å²) < 4.78 is 27.4. The van der Waals surface area contributed by atoms with E-state index < -0.39 is 10.0 Å². The molecule has 0 aliphatic heterocycles. The zero-order chi connectivity index (χ0) is 15.3. The molecule has 1 aromatic carbocycles. The fourth-order valence-corrected chi connectivity index (χ4v) is 5.07. The number of nitrogens with one attached hydrogen (secondary N) is 1. The maximum atomic E-state index is 12.3. The van der Waals surface area contributed by atoms with Crippen LogP contribution in [-0.4, -0.2) is 26.0 Å². The predicted molar refractivity (Wildman–Crippen MR) is 90.8 cm³/mol. The van der Waals surface area contributed by atoms with Gasteiger partial charge in [0.25, 0.3) is 0 Å². The Kier molecular flexibility index (Phi) is 5.57. The second kappa shape index (κ2) is 7.03. The van der Waals surface area contributed by atoms with E-state index in [2.05, 4.69) is 11.0 Å². The Hall–Kier alpha value is -0.720. The topological polar surface area (TPSA) is 72.2 Å². The number of sulfonamides is 1. The minimum absolute atomic E-state index is 0.0114.